The lowest BCUT2D eigenvalue weighted by molar-refractivity contribution is 0.354. The van der Waals surface area contributed by atoms with Gasteiger partial charge < -0.3 is 9.47 Å². The molecule has 0 saturated heterocycles. The van der Waals surface area contributed by atoms with Crippen molar-refractivity contribution in [2.45, 2.75) is 0 Å². The summed E-state index contributed by atoms with van der Waals surface area (Å²) in [5.41, 5.74) is 3.24. The van der Waals surface area contributed by atoms with Crippen LogP contribution in [-0.4, -0.2) is 45.5 Å². The Morgan fingerprint density at radius 3 is 2.59 bits per heavy atom. The molecule has 0 radical (unpaired) electrons. The Hall–Kier alpha value is -3.72. The highest BCUT2D eigenvalue weighted by Crippen LogP contribution is 2.29. The van der Waals surface area contributed by atoms with Crippen molar-refractivity contribution in [2.75, 3.05) is 14.2 Å². The second-order valence-corrected chi connectivity index (χ2v) is 6.41. The van der Waals surface area contributed by atoms with Gasteiger partial charge in [-0.25, -0.2) is 5.10 Å². The van der Waals surface area contributed by atoms with E-state index in [9.17, 15) is 0 Å². The third-order valence-electron chi connectivity index (χ3n) is 4.28. The molecule has 0 bridgehead atoms. The summed E-state index contributed by atoms with van der Waals surface area (Å²) in [6.45, 7) is 0. The van der Waals surface area contributed by atoms with Crippen LogP contribution in [0.5, 0.6) is 11.5 Å². The van der Waals surface area contributed by atoms with Gasteiger partial charge in [-0.15, -0.1) is 0 Å². The zero-order valence-corrected chi connectivity index (χ0v) is 16.6. The maximum atomic E-state index is 5.44. The molecule has 0 amide bonds. The average Bonchev–Trinajstić information content (AvgIpc) is 3.39. The van der Waals surface area contributed by atoms with Crippen LogP contribution in [-0.2, 0) is 0 Å². The van der Waals surface area contributed by atoms with Crippen LogP contribution >= 0.6 is 12.2 Å². The summed E-state index contributed by atoms with van der Waals surface area (Å²) in [5, 5.41) is 18.9. The third kappa shape index (κ3) is 3.67. The predicted octanol–water partition coefficient (Wildman–Crippen LogP) is 3.90. The van der Waals surface area contributed by atoms with Crippen LogP contribution in [0.1, 0.15) is 5.56 Å². The first kappa shape index (κ1) is 18.6. The number of aromatic amines is 2. The smallest absolute Gasteiger partial charge is 0.216 e. The number of ether oxygens (including phenoxy) is 2. The lowest BCUT2D eigenvalue weighted by atomic mass is 10.1. The van der Waals surface area contributed by atoms with E-state index >= 15 is 0 Å². The van der Waals surface area contributed by atoms with Gasteiger partial charge >= 0.3 is 0 Å². The number of para-hydroxylation sites is 1. The molecule has 29 heavy (non-hydrogen) atoms. The van der Waals surface area contributed by atoms with E-state index in [0.717, 1.165) is 16.8 Å². The van der Waals surface area contributed by atoms with Crippen molar-refractivity contribution in [3.8, 4) is 34.3 Å². The van der Waals surface area contributed by atoms with Crippen LogP contribution in [0, 0.1) is 4.77 Å². The number of nitrogens with zero attached hydrogens (tertiary/aromatic N) is 4. The lowest BCUT2D eigenvalue weighted by Crippen LogP contribution is -1.98. The largest absolute Gasteiger partial charge is 0.493 e. The fraction of sp³-hybridized carbons (Fsp3) is 0.100. The number of aromatic nitrogens is 5. The summed E-state index contributed by atoms with van der Waals surface area (Å²) < 4.78 is 12.7. The van der Waals surface area contributed by atoms with E-state index in [1.807, 2.05) is 54.6 Å². The van der Waals surface area contributed by atoms with Gasteiger partial charge in [0.25, 0.3) is 0 Å². The van der Waals surface area contributed by atoms with E-state index < -0.39 is 0 Å². The minimum absolute atomic E-state index is 0.356. The Morgan fingerprint density at radius 1 is 1.00 bits per heavy atom. The summed E-state index contributed by atoms with van der Waals surface area (Å²) >= 11 is 5.34. The number of H-pyrrole nitrogens is 2. The summed E-state index contributed by atoms with van der Waals surface area (Å²) in [5.74, 6) is 1.72. The molecule has 2 aromatic carbocycles. The molecule has 0 fully saturated rings. The molecule has 0 atom stereocenters. The molecule has 0 aliphatic carbocycles. The molecule has 0 aliphatic heterocycles. The summed E-state index contributed by atoms with van der Waals surface area (Å²) in [4.78, 5) is 0. The Morgan fingerprint density at radius 2 is 1.83 bits per heavy atom. The molecule has 0 aliphatic rings. The zero-order valence-electron chi connectivity index (χ0n) is 15.8. The molecule has 2 heterocycles. The molecular weight excluding hydrogens is 388 g/mol. The second-order valence-electron chi connectivity index (χ2n) is 6.02. The van der Waals surface area contributed by atoms with Crippen molar-refractivity contribution in [2.24, 2.45) is 5.10 Å². The van der Waals surface area contributed by atoms with E-state index in [1.54, 1.807) is 20.4 Å². The van der Waals surface area contributed by atoms with E-state index in [2.05, 4.69) is 25.5 Å². The highest BCUT2D eigenvalue weighted by Gasteiger charge is 2.13. The first-order valence-corrected chi connectivity index (χ1v) is 9.16. The van der Waals surface area contributed by atoms with Crippen LogP contribution in [0.3, 0.4) is 0 Å². The number of methoxy groups -OCH3 is 2. The molecule has 146 valence electrons. The molecule has 0 unspecified atom stereocenters. The SMILES string of the molecule is COc1cccc(C=Nn2c(-c3cc(-c4ccccc4)n[nH]3)n[nH]c2=S)c1OC. The quantitative estimate of drug-likeness (QED) is 0.374. The number of hydrogen-bond donors (Lipinski definition) is 2. The highest BCUT2D eigenvalue weighted by atomic mass is 32.1. The fourth-order valence-corrected chi connectivity index (χ4v) is 3.08. The van der Waals surface area contributed by atoms with Crippen LogP contribution in [0.4, 0.5) is 0 Å². The van der Waals surface area contributed by atoms with E-state index in [1.165, 1.54) is 4.68 Å². The van der Waals surface area contributed by atoms with E-state index in [4.69, 9.17) is 21.7 Å². The molecule has 2 aromatic heterocycles. The Balaban J connectivity index is 1.70. The van der Waals surface area contributed by atoms with Gasteiger partial charge in [0.2, 0.25) is 10.6 Å². The number of rotatable bonds is 6. The van der Waals surface area contributed by atoms with Gasteiger partial charge in [-0.05, 0) is 30.4 Å². The fourth-order valence-electron chi connectivity index (χ4n) is 2.90. The van der Waals surface area contributed by atoms with Crippen molar-refractivity contribution in [3.63, 3.8) is 0 Å². The van der Waals surface area contributed by atoms with Gasteiger partial charge in [0.05, 0.1) is 26.1 Å². The lowest BCUT2D eigenvalue weighted by Gasteiger charge is -2.09. The summed E-state index contributed by atoms with van der Waals surface area (Å²) in [7, 11) is 3.17. The monoisotopic (exact) mass is 406 g/mol. The Kier molecular flexibility index (Phi) is 5.21. The van der Waals surface area contributed by atoms with Crippen molar-refractivity contribution in [1.82, 2.24) is 25.1 Å². The van der Waals surface area contributed by atoms with Crippen molar-refractivity contribution >= 4 is 18.4 Å². The molecule has 4 aromatic rings. The first-order chi connectivity index (χ1) is 14.2. The molecule has 4 rings (SSSR count). The third-order valence-corrected chi connectivity index (χ3v) is 4.55. The first-order valence-electron chi connectivity index (χ1n) is 8.75. The highest BCUT2D eigenvalue weighted by molar-refractivity contribution is 7.71. The van der Waals surface area contributed by atoms with Gasteiger partial charge in [0, 0.05) is 11.1 Å². The Bertz CT molecular complexity index is 1210. The van der Waals surface area contributed by atoms with Crippen LogP contribution in [0.25, 0.3) is 22.8 Å². The van der Waals surface area contributed by atoms with Crippen molar-refractivity contribution in [1.29, 1.82) is 0 Å². The van der Waals surface area contributed by atoms with Gasteiger partial charge in [-0.2, -0.15) is 20.0 Å². The van der Waals surface area contributed by atoms with Crippen molar-refractivity contribution in [3.05, 3.63) is 64.9 Å². The number of benzene rings is 2. The topological polar surface area (TPSA) is 93.1 Å². The summed E-state index contributed by atoms with van der Waals surface area (Å²) in [6.07, 6.45) is 1.64. The van der Waals surface area contributed by atoms with Gasteiger partial charge in [0.1, 0.15) is 5.69 Å². The maximum absolute atomic E-state index is 5.44. The standard InChI is InChI=1S/C20H18N6O2S/c1-27-17-10-6-9-14(18(17)28-2)12-21-26-19(24-25-20(26)29)16-11-15(22-23-16)13-7-4-3-5-8-13/h3-12H,1-2H3,(H,22,23)(H,25,29). The molecule has 0 spiro atoms. The van der Waals surface area contributed by atoms with Crippen LogP contribution in [0.2, 0.25) is 0 Å². The minimum atomic E-state index is 0.356. The number of nitrogens with one attached hydrogen (secondary N) is 2. The number of hydrogen-bond acceptors (Lipinski definition) is 6. The molecule has 2 N–H and O–H groups in total. The van der Waals surface area contributed by atoms with Crippen molar-refractivity contribution < 1.29 is 9.47 Å². The normalized spacial score (nSPS) is 11.1. The molecule has 9 heteroatoms. The second kappa shape index (κ2) is 8.11. The van der Waals surface area contributed by atoms with Gasteiger partial charge in [-0.3, -0.25) is 5.10 Å². The molecule has 0 saturated carbocycles. The average molecular weight is 406 g/mol. The predicted molar refractivity (Wildman–Crippen MR) is 113 cm³/mol. The maximum Gasteiger partial charge on any atom is 0.216 e. The van der Waals surface area contributed by atoms with Gasteiger partial charge in [-0.1, -0.05) is 36.4 Å². The van der Waals surface area contributed by atoms with E-state index in [0.29, 0.717) is 27.8 Å². The van der Waals surface area contributed by atoms with E-state index in [-0.39, 0.29) is 0 Å². The minimum Gasteiger partial charge on any atom is -0.493 e. The Labute approximate surface area is 171 Å². The van der Waals surface area contributed by atoms with Crippen LogP contribution in [0.15, 0.2) is 59.7 Å². The summed E-state index contributed by atoms with van der Waals surface area (Å²) in [6, 6.07) is 17.3. The molecule has 8 nitrogen and oxygen atoms in total. The zero-order chi connectivity index (χ0) is 20.2. The van der Waals surface area contributed by atoms with Gasteiger partial charge in [0.15, 0.2) is 11.5 Å². The van der Waals surface area contributed by atoms with Crippen LogP contribution < -0.4 is 9.47 Å². The molecular formula is C20H18N6O2S.